The lowest BCUT2D eigenvalue weighted by atomic mass is 10.1. The van der Waals surface area contributed by atoms with Crippen molar-refractivity contribution in [2.75, 3.05) is 13.1 Å². The highest BCUT2D eigenvalue weighted by atomic mass is 15.3. The molecule has 0 fully saturated rings. The average Bonchev–Trinajstić information content (AvgIpc) is 2.85. The smallest absolute Gasteiger partial charge is 0.0981 e. The summed E-state index contributed by atoms with van der Waals surface area (Å²) in [4.78, 5) is 2.32. The summed E-state index contributed by atoms with van der Waals surface area (Å²) < 4.78 is 0. The minimum Gasteiger partial charge on any atom is -0.370 e. The van der Waals surface area contributed by atoms with Crippen LogP contribution in [0, 0.1) is 0 Å². The molecule has 1 rings (SSSR count). The van der Waals surface area contributed by atoms with E-state index in [0.29, 0.717) is 6.17 Å². The number of hydrogen-bond acceptors (Lipinski definition) is 3. The van der Waals surface area contributed by atoms with Gasteiger partial charge in [0.1, 0.15) is 0 Å². The Morgan fingerprint density at radius 3 is 2.74 bits per heavy atom. The van der Waals surface area contributed by atoms with Crippen molar-refractivity contribution in [1.29, 1.82) is 0 Å². The summed E-state index contributed by atoms with van der Waals surface area (Å²) in [6, 6.07) is 0. The van der Waals surface area contributed by atoms with E-state index in [1.807, 2.05) is 6.20 Å². The van der Waals surface area contributed by atoms with E-state index < -0.39 is 0 Å². The maximum atomic E-state index is 5.61. The Labute approximate surface area is 118 Å². The predicted molar refractivity (Wildman–Crippen MR) is 83.6 cm³/mol. The van der Waals surface area contributed by atoms with Crippen LogP contribution in [0.5, 0.6) is 0 Å². The fourth-order valence-corrected chi connectivity index (χ4v) is 2.49. The van der Waals surface area contributed by atoms with Crippen LogP contribution in [-0.4, -0.2) is 24.2 Å². The van der Waals surface area contributed by atoms with Crippen LogP contribution in [0.3, 0.4) is 0 Å². The molecule has 3 heteroatoms. The summed E-state index contributed by atoms with van der Waals surface area (Å²) in [5.74, 6) is 0. The molecule has 19 heavy (non-hydrogen) atoms. The van der Waals surface area contributed by atoms with Crippen molar-refractivity contribution in [2.24, 2.45) is 5.73 Å². The van der Waals surface area contributed by atoms with Crippen molar-refractivity contribution < 1.29 is 0 Å². The maximum absolute atomic E-state index is 5.61. The SMILES string of the molecule is CC/C=C/CCCCCCCC1NC=CN1CCN. The highest BCUT2D eigenvalue weighted by Gasteiger charge is 2.16. The van der Waals surface area contributed by atoms with Crippen LogP contribution in [0.2, 0.25) is 0 Å². The molecule has 1 aliphatic heterocycles. The minimum absolute atomic E-state index is 0.482. The number of allylic oxidation sites excluding steroid dienone is 2. The largest absolute Gasteiger partial charge is 0.370 e. The third-order valence-electron chi connectivity index (χ3n) is 3.59. The molecule has 0 aromatic heterocycles. The number of hydrogen-bond donors (Lipinski definition) is 2. The molecular weight excluding hydrogens is 234 g/mol. The molecule has 0 saturated heterocycles. The monoisotopic (exact) mass is 265 g/mol. The zero-order chi connectivity index (χ0) is 13.8. The molecule has 3 nitrogen and oxygen atoms in total. The van der Waals surface area contributed by atoms with E-state index in [9.17, 15) is 0 Å². The van der Waals surface area contributed by atoms with Gasteiger partial charge in [-0.15, -0.1) is 0 Å². The normalized spacial score (nSPS) is 18.4. The van der Waals surface area contributed by atoms with Gasteiger partial charge in [0.05, 0.1) is 6.17 Å². The van der Waals surface area contributed by atoms with Gasteiger partial charge in [0.2, 0.25) is 0 Å². The van der Waals surface area contributed by atoms with Gasteiger partial charge in [-0.25, -0.2) is 0 Å². The van der Waals surface area contributed by atoms with Crippen LogP contribution < -0.4 is 11.1 Å². The number of nitrogens with two attached hydrogens (primary N) is 1. The van der Waals surface area contributed by atoms with Gasteiger partial charge in [-0.3, -0.25) is 0 Å². The Hall–Kier alpha value is -0.960. The summed E-state index contributed by atoms with van der Waals surface area (Å²) in [6.07, 6.45) is 19.6. The van der Waals surface area contributed by atoms with Crippen molar-refractivity contribution in [3.05, 3.63) is 24.6 Å². The van der Waals surface area contributed by atoms with E-state index in [1.165, 1.54) is 51.4 Å². The molecule has 0 radical (unpaired) electrons. The highest BCUT2D eigenvalue weighted by molar-refractivity contribution is 4.94. The molecule has 0 bridgehead atoms. The van der Waals surface area contributed by atoms with Gasteiger partial charge in [0.25, 0.3) is 0 Å². The quantitative estimate of drug-likeness (QED) is 0.445. The Bertz CT molecular complexity index is 261. The number of nitrogens with one attached hydrogen (secondary N) is 1. The van der Waals surface area contributed by atoms with Crippen LogP contribution in [0.25, 0.3) is 0 Å². The Morgan fingerprint density at radius 2 is 1.95 bits per heavy atom. The first-order chi connectivity index (χ1) is 9.38. The van der Waals surface area contributed by atoms with E-state index in [2.05, 4.69) is 35.5 Å². The van der Waals surface area contributed by atoms with Crippen molar-refractivity contribution >= 4 is 0 Å². The van der Waals surface area contributed by atoms with Gasteiger partial charge in [-0.05, 0) is 32.1 Å². The second kappa shape index (κ2) is 10.9. The molecule has 1 unspecified atom stereocenters. The minimum atomic E-state index is 0.482. The number of nitrogens with zero attached hydrogens (tertiary/aromatic N) is 1. The van der Waals surface area contributed by atoms with Gasteiger partial charge < -0.3 is 16.0 Å². The van der Waals surface area contributed by atoms with E-state index >= 15 is 0 Å². The molecule has 0 spiro atoms. The fourth-order valence-electron chi connectivity index (χ4n) is 2.49. The third kappa shape index (κ3) is 7.26. The van der Waals surface area contributed by atoms with Crippen LogP contribution in [0.1, 0.15) is 58.3 Å². The zero-order valence-electron chi connectivity index (χ0n) is 12.5. The predicted octanol–water partition coefficient (Wildman–Crippen LogP) is 3.34. The Morgan fingerprint density at radius 1 is 1.16 bits per heavy atom. The molecule has 1 heterocycles. The molecule has 0 saturated carbocycles. The second-order valence-corrected chi connectivity index (χ2v) is 5.25. The lowest BCUT2D eigenvalue weighted by Crippen LogP contribution is -2.37. The fraction of sp³-hybridized carbons (Fsp3) is 0.750. The van der Waals surface area contributed by atoms with Crippen molar-refractivity contribution in [2.45, 2.75) is 64.5 Å². The van der Waals surface area contributed by atoms with E-state index in [0.717, 1.165) is 13.1 Å². The van der Waals surface area contributed by atoms with Crippen molar-refractivity contribution in [1.82, 2.24) is 10.2 Å². The third-order valence-corrected chi connectivity index (χ3v) is 3.59. The lowest BCUT2D eigenvalue weighted by molar-refractivity contribution is 0.264. The van der Waals surface area contributed by atoms with Crippen molar-refractivity contribution in [3.63, 3.8) is 0 Å². The molecule has 0 aliphatic carbocycles. The first-order valence-electron chi connectivity index (χ1n) is 7.92. The molecule has 1 atom stereocenters. The first-order valence-corrected chi connectivity index (χ1v) is 7.92. The number of rotatable bonds is 11. The highest BCUT2D eigenvalue weighted by Crippen LogP contribution is 2.13. The second-order valence-electron chi connectivity index (χ2n) is 5.25. The molecule has 0 aromatic rings. The van der Waals surface area contributed by atoms with Gasteiger partial charge in [-0.2, -0.15) is 0 Å². The summed E-state index contributed by atoms with van der Waals surface area (Å²) >= 11 is 0. The van der Waals surface area contributed by atoms with Crippen LogP contribution in [-0.2, 0) is 0 Å². The summed E-state index contributed by atoms with van der Waals surface area (Å²) in [6.45, 7) is 3.88. The van der Waals surface area contributed by atoms with Gasteiger partial charge in [0, 0.05) is 25.5 Å². The first kappa shape index (κ1) is 16.1. The van der Waals surface area contributed by atoms with Crippen LogP contribution in [0.4, 0.5) is 0 Å². The summed E-state index contributed by atoms with van der Waals surface area (Å²) in [5.41, 5.74) is 5.61. The average molecular weight is 265 g/mol. The van der Waals surface area contributed by atoms with Gasteiger partial charge in [-0.1, -0.05) is 38.3 Å². The number of unbranched alkanes of at least 4 members (excludes halogenated alkanes) is 5. The maximum Gasteiger partial charge on any atom is 0.0981 e. The van der Waals surface area contributed by atoms with E-state index in [4.69, 9.17) is 5.73 Å². The summed E-state index contributed by atoms with van der Waals surface area (Å²) in [7, 11) is 0. The standard InChI is InChI=1S/C16H31N3/c1-2-3-4-5-6-7-8-9-10-11-16-18-13-15-19(16)14-12-17/h3-4,13,15-16,18H,2,5-12,14,17H2,1H3/b4-3+. The van der Waals surface area contributed by atoms with E-state index in [1.54, 1.807) is 0 Å². The van der Waals surface area contributed by atoms with Crippen LogP contribution in [0.15, 0.2) is 24.6 Å². The zero-order valence-corrected chi connectivity index (χ0v) is 12.5. The van der Waals surface area contributed by atoms with Crippen LogP contribution >= 0.6 is 0 Å². The lowest BCUT2D eigenvalue weighted by Gasteiger charge is -2.25. The molecule has 1 aliphatic rings. The Balaban J connectivity index is 1.92. The van der Waals surface area contributed by atoms with Gasteiger partial charge in [0.15, 0.2) is 0 Å². The molecular formula is C16H31N3. The molecule has 0 amide bonds. The molecule has 110 valence electrons. The van der Waals surface area contributed by atoms with Gasteiger partial charge >= 0.3 is 0 Å². The van der Waals surface area contributed by atoms with Crippen molar-refractivity contribution in [3.8, 4) is 0 Å². The summed E-state index contributed by atoms with van der Waals surface area (Å²) in [5, 5.41) is 3.40. The Kier molecular flexibility index (Phi) is 9.25. The molecule has 3 N–H and O–H groups in total. The van der Waals surface area contributed by atoms with E-state index in [-0.39, 0.29) is 0 Å². The topological polar surface area (TPSA) is 41.3 Å². The molecule has 0 aromatic carbocycles.